The average Bonchev–Trinajstić information content (AvgIpc) is 2.94. The third-order valence-corrected chi connectivity index (χ3v) is 4.71. The second-order valence-electron chi connectivity index (χ2n) is 5.18. The Kier molecular flexibility index (Phi) is 4.96. The summed E-state index contributed by atoms with van der Waals surface area (Å²) in [4.78, 5) is 5.64. The molecule has 0 fully saturated rings. The number of halogens is 1. The van der Waals surface area contributed by atoms with E-state index in [2.05, 4.69) is 5.38 Å². The van der Waals surface area contributed by atoms with Crippen molar-refractivity contribution in [3.63, 3.8) is 0 Å². The minimum Gasteiger partial charge on any atom is -0.395 e. The molecule has 0 aliphatic carbocycles. The van der Waals surface area contributed by atoms with Crippen LogP contribution in [0.25, 0.3) is 11.3 Å². The summed E-state index contributed by atoms with van der Waals surface area (Å²) in [6.07, 6.45) is 0. The topological polar surface area (TPSA) is 37.5 Å². The molecule has 23 heavy (non-hydrogen) atoms. The third kappa shape index (κ3) is 3.55. The Bertz CT molecular complexity index is 865. The summed E-state index contributed by atoms with van der Waals surface area (Å²) in [7, 11) is 0. The molecule has 3 rings (SSSR count). The van der Waals surface area contributed by atoms with Crippen molar-refractivity contribution in [1.29, 1.82) is 0 Å². The number of aliphatic hydroxyl groups excluding tert-OH is 1. The van der Waals surface area contributed by atoms with Crippen LogP contribution in [0.2, 0.25) is 5.02 Å². The average molecular weight is 345 g/mol. The van der Waals surface area contributed by atoms with Gasteiger partial charge in [-0.15, -0.1) is 11.3 Å². The molecule has 0 aliphatic rings. The fraction of sp³-hybridized carbons (Fsp3) is 0.167. The SMILES string of the molecule is Cc1ccccc1N=c1scc(-c2ccc(Cl)cc2)n1CCO. The highest BCUT2D eigenvalue weighted by Crippen LogP contribution is 2.23. The van der Waals surface area contributed by atoms with E-state index in [4.69, 9.17) is 16.6 Å². The molecule has 1 aromatic heterocycles. The lowest BCUT2D eigenvalue weighted by atomic mass is 10.2. The monoisotopic (exact) mass is 344 g/mol. The van der Waals surface area contributed by atoms with Crippen molar-refractivity contribution in [2.24, 2.45) is 4.99 Å². The van der Waals surface area contributed by atoms with Crippen LogP contribution in [0.1, 0.15) is 5.56 Å². The molecule has 0 bridgehead atoms. The number of aromatic nitrogens is 1. The van der Waals surface area contributed by atoms with Crippen LogP contribution in [0.15, 0.2) is 58.9 Å². The molecular weight excluding hydrogens is 328 g/mol. The normalized spacial score (nSPS) is 11.9. The summed E-state index contributed by atoms with van der Waals surface area (Å²) < 4.78 is 2.04. The van der Waals surface area contributed by atoms with E-state index in [1.807, 2.05) is 60.0 Å². The molecule has 118 valence electrons. The van der Waals surface area contributed by atoms with Crippen LogP contribution in [0.4, 0.5) is 5.69 Å². The Hall–Kier alpha value is -1.88. The van der Waals surface area contributed by atoms with Gasteiger partial charge in [0.05, 0.1) is 18.0 Å². The van der Waals surface area contributed by atoms with Gasteiger partial charge in [-0.1, -0.05) is 41.9 Å². The highest BCUT2D eigenvalue weighted by molar-refractivity contribution is 7.07. The molecule has 1 N–H and O–H groups in total. The first-order valence-electron chi connectivity index (χ1n) is 7.34. The highest BCUT2D eigenvalue weighted by Gasteiger charge is 2.08. The molecule has 0 radical (unpaired) electrons. The van der Waals surface area contributed by atoms with Gasteiger partial charge in [-0.2, -0.15) is 0 Å². The first-order valence-corrected chi connectivity index (χ1v) is 8.60. The van der Waals surface area contributed by atoms with Crippen LogP contribution in [-0.4, -0.2) is 16.3 Å². The minimum atomic E-state index is 0.0677. The summed E-state index contributed by atoms with van der Waals surface area (Å²) in [5, 5.41) is 12.2. The summed E-state index contributed by atoms with van der Waals surface area (Å²) in [5.41, 5.74) is 4.17. The van der Waals surface area contributed by atoms with Gasteiger partial charge < -0.3 is 9.67 Å². The second kappa shape index (κ2) is 7.13. The number of rotatable bonds is 4. The Morgan fingerprint density at radius 2 is 1.87 bits per heavy atom. The van der Waals surface area contributed by atoms with Gasteiger partial charge >= 0.3 is 0 Å². The largest absolute Gasteiger partial charge is 0.395 e. The Morgan fingerprint density at radius 1 is 1.13 bits per heavy atom. The standard InChI is InChI=1S/C18H17ClN2OS/c1-13-4-2-3-5-16(13)20-18-21(10-11-22)17(12-23-18)14-6-8-15(19)9-7-14/h2-9,12,22H,10-11H2,1H3. The number of thiazole rings is 1. The van der Waals surface area contributed by atoms with Crippen molar-refractivity contribution >= 4 is 28.6 Å². The van der Waals surface area contributed by atoms with E-state index in [0.29, 0.717) is 11.6 Å². The maximum absolute atomic E-state index is 9.42. The number of aliphatic hydroxyl groups is 1. The summed E-state index contributed by atoms with van der Waals surface area (Å²) in [5.74, 6) is 0. The number of benzene rings is 2. The lowest BCUT2D eigenvalue weighted by molar-refractivity contribution is 0.275. The van der Waals surface area contributed by atoms with Crippen molar-refractivity contribution in [2.45, 2.75) is 13.5 Å². The minimum absolute atomic E-state index is 0.0677. The predicted octanol–water partition coefficient (Wildman–Crippen LogP) is 4.40. The summed E-state index contributed by atoms with van der Waals surface area (Å²) in [6.45, 7) is 2.62. The van der Waals surface area contributed by atoms with Crippen molar-refractivity contribution in [3.8, 4) is 11.3 Å². The van der Waals surface area contributed by atoms with Gasteiger partial charge in [0.25, 0.3) is 0 Å². The van der Waals surface area contributed by atoms with E-state index < -0.39 is 0 Å². The van der Waals surface area contributed by atoms with E-state index in [1.165, 1.54) is 0 Å². The van der Waals surface area contributed by atoms with Crippen LogP contribution in [0.5, 0.6) is 0 Å². The molecular formula is C18H17ClN2OS. The first-order chi connectivity index (χ1) is 11.2. The van der Waals surface area contributed by atoms with E-state index in [-0.39, 0.29) is 6.61 Å². The summed E-state index contributed by atoms with van der Waals surface area (Å²) in [6, 6.07) is 15.7. The number of hydrogen-bond acceptors (Lipinski definition) is 3. The quantitative estimate of drug-likeness (QED) is 0.748. The zero-order valence-electron chi connectivity index (χ0n) is 12.7. The van der Waals surface area contributed by atoms with E-state index in [1.54, 1.807) is 11.3 Å². The molecule has 0 unspecified atom stereocenters. The van der Waals surface area contributed by atoms with Crippen molar-refractivity contribution in [2.75, 3.05) is 6.61 Å². The van der Waals surface area contributed by atoms with Crippen molar-refractivity contribution < 1.29 is 5.11 Å². The molecule has 0 saturated heterocycles. The summed E-state index contributed by atoms with van der Waals surface area (Å²) >= 11 is 7.54. The maximum Gasteiger partial charge on any atom is 0.190 e. The maximum atomic E-state index is 9.42. The lowest BCUT2D eigenvalue weighted by Gasteiger charge is -2.08. The lowest BCUT2D eigenvalue weighted by Crippen LogP contribution is -2.17. The third-order valence-electron chi connectivity index (χ3n) is 3.59. The van der Waals surface area contributed by atoms with E-state index in [9.17, 15) is 5.11 Å². The highest BCUT2D eigenvalue weighted by atomic mass is 35.5. The first kappa shape index (κ1) is 16.0. The molecule has 3 aromatic rings. The van der Waals surface area contributed by atoms with Gasteiger partial charge in [0.15, 0.2) is 4.80 Å². The van der Waals surface area contributed by atoms with Gasteiger partial charge in [-0.25, -0.2) is 4.99 Å². The molecule has 0 saturated carbocycles. The van der Waals surface area contributed by atoms with Crippen LogP contribution in [0.3, 0.4) is 0 Å². The smallest absolute Gasteiger partial charge is 0.190 e. The van der Waals surface area contributed by atoms with E-state index >= 15 is 0 Å². The Labute approximate surface area is 144 Å². The van der Waals surface area contributed by atoms with E-state index in [0.717, 1.165) is 27.3 Å². The van der Waals surface area contributed by atoms with Crippen LogP contribution < -0.4 is 4.80 Å². The van der Waals surface area contributed by atoms with Gasteiger partial charge in [-0.05, 0) is 36.2 Å². The number of hydrogen-bond donors (Lipinski definition) is 1. The number of aryl methyl sites for hydroxylation is 1. The van der Waals surface area contributed by atoms with Crippen LogP contribution in [0, 0.1) is 6.92 Å². The molecule has 0 spiro atoms. The van der Waals surface area contributed by atoms with Gasteiger partial charge in [0.2, 0.25) is 0 Å². The molecule has 2 aromatic carbocycles. The van der Waals surface area contributed by atoms with Crippen LogP contribution >= 0.6 is 22.9 Å². The molecule has 0 atom stereocenters. The molecule has 5 heteroatoms. The van der Waals surface area contributed by atoms with Gasteiger partial charge in [0, 0.05) is 16.9 Å². The van der Waals surface area contributed by atoms with Crippen molar-refractivity contribution in [1.82, 2.24) is 4.57 Å². The zero-order chi connectivity index (χ0) is 16.2. The molecule has 0 aliphatic heterocycles. The predicted molar refractivity (Wildman–Crippen MR) is 96.2 cm³/mol. The van der Waals surface area contributed by atoms with Gasteiger partial charge in [0.1, 0.15) is 0 Å². The number of nitrogens with zero attached hydrogens (tertiary/aromatic N) is 2. The van der Waals surface area contributed by atoms with Crippen LogP contribution in [-0.2, 0) is 6.54 Å². The van der Waals surface area contributed by atoms with Gasteiger partial charge in [-0.3, -0.25) is 0 Å². The zero-order valence-corrected chi connectivity index (χ0v) is 14.3. The fourth-order valence-electron chi connectivity index (χ4n) is 2.38. The molecule has 1 heterocycles. The Morgan fingerprint density at radius 3 is 2.57 bits per heavy atom. The molecule has 0 amide bonds. The molecule has 3 nitrogen and oxygen atoms in total. The second-order valence-corrected chi connectivity index (χ2v) is 6.46. The Balaban J connectivity index is 2.12. The number of para-hydroxylation sites is 1. The fourth-order valence-corrected chi connectivity index (χ4v) is 3.45. The van der Waals surface area contributed by atoms with Crippen molar-refractivity contribution in [3.05, 3.63) is 69.3 Å².